The van der Waals surface area contributed by atoms with Crippen LogP contribution in [0.5, 0.6) is 0 Å². The zero-order chi connectivity index (χ0) is 11.3. The molecule has 0 nitrogen and oxygen atoms in total. The van der Waals surface area contributed by atoms with Crippen molar-refractivity contribution in [3.05, 3.63) is 35.1 Å². The predicted molar refractivity (Wildman–Crippen MR) is 54.2 cm³/mol. The van der Waals surface area contributed by atoms with Crippen LogP contribution < -0.4 is 0 Å². The van der Waals surface area contributed by atoms with Crippen LogP contribution in [-0.4, -0.2) is 0 Å². The lowest BCUT2D eigenvalue weighted by Gasteiger charge is -2.04. The SMILES string of the molecule is CCCCCCc1ccc(F)c(F)c1F. The summed E-state index contributed by atoms with van der Waals surface area (Å²) >= 11 is 0. The Hall–Kier alpha value is -0.990. The molecule has 3 heteroatoms. The van der Waals surface area contributed by atoms with Crippen molar-refractivity contribution in [3.63, 3.8) is 0 Å². The third-order valence-corrected chi connectivity index (χ3v) is 2.41. The summed E-state index contributed by atoms with van der Waals surface area (Å²) < 4.78 is 38.6. The van der Waals surface area contributed by atoms with Crippen molar-refractivity contribution in [2.45, 2.75) is 39.0 Å². The monoisotopic (exact) mass is 216 g/mol. The molecule has 0 amide bonds. The van der Waals surface area contributed by atoms with Crippen molar-refractivity contribution in [1.29, 1.82) is 0 Å². The van der Waals surface area contributed by atoms with Gasteiger partial charge in [0.1, 0.15) is 0 Å². The van der Waals surface area contributed by atoms with Crippen molar-refractivity contribution in [2.24, 2.45) is 0 Å². The quantitative estimate of drug-likeness (QED) is 0.510. The number of halogens is 3. The fraction of sp³-hybridized carbons (Fsp3) is 0.500. The molecule has 1 aromatic rings. The summed E-state index contributed by atoms with van der Waals surface area (Å²) in [6.07, 6.45) is 4.47. The van der Waals surface area contributed by atoms with Gasteiger partial charge in [-0.2, -0.15) is 0 Å². The molecule has 0 fully saturated rings. The van der Waals surface area contributed by atoms with E-state index in [-0.39, 0.29) is 5.56 Å². The third-order valence-electron chi connectivity index (χ3n) is 2.41. The van der Waals surface area contributed by atoms with Gasteiger partial charge in [0.15, 0.2) is 17.5 Å². The molecule has 0 aliphatic heterocycles. The molecule has 0 bridgehead atoms. The lowest BCUT2D eigenvalue weighted by atomic mass is 10.1. The smallest absolute Gasteiger partial charge is 0.194 e. The van der Waals surface area contributed by atoms with Gasteiger partial charge in [-0.15, -0.1) is 0 Å². The maximum absolute atomic E-state index is 13.2. The molecule has 0 atom stereocenters. The highest BCUT2D eigenvalue weighted by atomic mass is 19.2. The highest BCUT2D eigenvalue weighted by Crippen LogP contribution is 2.17. The van der Waals surface area contributed by atoms with Crippen molar-refractivity contribution in [1.82, 2.24) is 0 Å². The first-order chi connectivity index (χ1) is 7.16. The maximum atomic E-state index is 13.2. The topological polar surface area (TPSA) is 0 Å². The molecular formula is C12H15F3. The molecule has 15 heavy (non-hydrogen) atoms. The lowest BCUT2D eigenvalue weighted by molar-refractivity contribution is 0.439. The summed E-state index contributed by atoms with van der Waals surface area (Å²) in [7, 11) is 0. The first-order valence-corrected chi connectivity index (χ1v) is 5.29. The van der Waals surface area contributed by atoms with Crippen LogP contribution >= 0.6 is 0 Å². The van der Waals surface area contributed by atoms with E-state index < -0.39 is 17.5 Å². The van der Waals surface area contributed by atoms with Crippen LogP contribution in [0.4, 0.5) is 13.2 Å². The molecule has 0 saturated carbocycles. The Bertz CT molecular complexity index is 321. The van der Waals surface area contributed by atoms with Gasteiger partial charge in [-0.25, -0.2) is 13.2 Å². The Labute approximate surface area is 88.1 Å². The van der Waals surface area contributed by atoms with E-state index in [0.29, 0.717) is 6.42 Å². The van der Waals surface area contributed by atoms with E-state index in [0.717, 1.165) is 31.7 Å². The molecule has 0 heterocycles. The van der Waals surface area contributed by atoms with Gasteiger partial charge in [0.2, 0.25) is 0 Å². The van der Waals surface area contributed by atoms with Crippen LogP contribution in [0.25, 0.3) is 0 Å². The summed E-state index contributed by atoms with van der Waals surface area (Å²) in [5, 5.41) is 0. The van der Waals surface area contributed by atoms with E-state index in [9.17, 15) is 13.2 Å². The average molecular weight is 216 g/mol. The van der Waals surface area contributed by atoms with Crippen molar-refractivity contribution in [3.8, 4) is 0 Å². The van der Waals surface area contributed by atoms with Crippen LogP contribution in [-0.2, 0) is 6.42 Å². The first kappa shape index (κ1) is 12.1. The summed E-state index contributed by atoms with van der Waals surface area (Å²) in [6.45, 7) is 2.08. The van der Waals surface area contributed by atoms with Gasteiger partial charge < -0.3 is 0 Å². The second kappa shape index (κ2) is 5.79. The van der Waals surface area contributed by atoms with Gasteiger partial charge in [0, 0.05) is 0 Å². The molecule has 0 unspecified atom stereocenters. The van der Waals surface area contributed by atoms with E-state index in [1.54, 1.807) is 0 Å². The second-order valence-corrected chi connectivity index (χ2v) is 3.65. The molecule has 84 valence electrons. The second-order valence-electron chi connectivity index (χ2n) is 3.65. The standard InChI is InChI=1S/C12H15F3/c1-2-3-4-5-6-9-7-8-10(13)12(15)11(9)14/h7-8H,2-6H2,1H3. The van der Waals surface area contributed by atoms with Crippen molar-refractivity contribution in [2.75, 3.05) is 0 Å². The number of aryl methyl sites for hydroxylation is 1. The Morgan fingerprint density at radius 2 is 1.67 bits per heavy atom. The van der Waals surface area contributed by atoms with E-state index in [1.165, 1.54) is 6.07 Å². The van der Waals surface area contributed by atoms with E-state index >= 15 is 0 Å². The number of hydrogen-bond acceptors (Lipinski definition) is 0. The molecular weight excluding hydrogens is 201 g/mol. The van der Waals surface area contributed by atoms with Crippen molar-refractivity contribution >= 4 is 0 Å². The van der Waals surface area contributed by atoms with Crippen LogP contribution in [0, 0.1) is 17.5 Å². The number of hydrogen-bond donors (Lipinski definition) is 0. The van der Waals surface area contributed by atoms with Gasteiger partial charge >= 0.3 is 0 Å². The first-order valence-electron chi connectivity index (χ1n) is 5.29. The average Bonchev–Trinajstić information content (AvgIpc) is 2.24. The zero-order valence-corrected chi connectivity index (χ0v) is 8.82. The molecule has 0 radical (unpaired) electrons. The van der Waals surface area contributed by atoms with Gasteiger partial charge in [0.05, 0.1) is 0 Å². The summed E-state index contributed by atoms with van der Waals surface area (Å²) in [5.74, 6) is -3.51. The Kier molecular flexibility index (Phi) is 4.66. The van der Waals surface area contributed by atoms with E-state index in [4.69, 9.17) is 0 Å². The fourth-order valence-electron chi connectivity index (χ4n) is 1.50. The summed E-state index contributed by atoms with van der Waals surface area (Å²) in [5.41, 5.74) is 0.269. The number of benzene rings is 1. The molecule has 0 N–H and O–H groups in total. The molecule has 0 spiro atoms. The number of unbranched alkanes of at least 4 members (excludes halogenated alkanes) is 3. The lowest BCUT2D eigenvalue weighted by Crippen LogP contribution is -1.97. The van der Waals surface area contributed by atoms with Gasteiger partial charge in [-0.05, 0) is 24.5 Å². The van der Waals surface area contributed by atoms with E-state index in [1.807, 2.05) is 0 Å². The Balaban J connectivity index is 2.58. The largest absolute Gasteiger partial charge is 0.204 e. The molecule has 0 aromatic heterocycles. The zero-order valence-electron chi connectivity index (χ0n) is 8.82. The van der Waals surface area contributed by atoms with Crippen molar-refractivity contribution < 1.29 is 13.2 Å². The number of rotatable bonds is 5. The van der Waals surface area contributed by atoms with Crippen LogP contribution in [0.15, 0.2) is 12.1 Å². The Morgan fingerprint density at radius 3 is 2.33 bits per heavy atom. The maximum Gasteiger partial charge on any atom is 0.194 e. The minimum absolute atomic E-state index is 0.269. The van der Waals surface area contributed by atoms with Crippen LogP contribution in [0.1, 0.15) is 38.2 Å². The predicted octanol–water partition coefficient (Wildman–Crippen LogP) is 4.23. The molecule has 0 saturated heterocycles. The summed E-state index contributed by atoms with van der Waals surface area (Å²) in [6, 6.07) is 2.30. The molecule has 1 aromatic carbocycles. The minimum Gasteiger partial charge on any atom is -0.204 e. The molecule has 0 aliphatic carbocycles. The van der Waals surface area contributed by atoms with Crippen LogP contribution in [0.2, 0.25) is 0 Å². The minimum atomic E-state index is -1.36. The Morgan fingerprint density at radius 1 is 0.933 bits per heavy atom. The van der Waals surface area contributed by atoms with Crippen LogP contribution in [0.3, 0.4) is 0 Å². The molecule has 0 aliphatic rings. The normalized spacial score (nSPS) is 10.7. The third kappa shape index (κ3) is 3.26. The highest BCUT2D eigenvalue weighted by Gasteiger charge is 2.12. The molecule has 1 rings (SSSR count). The van der Waals surface area contributed by atoms with Gasteiger partial charge in [-0.1, -0.05) is 32.3 Å². The highest BCUT2D eigenvalue weighted by molar-refractivity contribution is 5.20. The van der Waals surface area contributed by atoms with Gasteiger partial charge in [-0.3, -0.25) is 0 Å². The van der Waals surface area contributed by atoms with E-state index in [2.05, 4.69) is 6.92 Å². The van der Waals surface area contributed by atoms with Gasteiger partial charge in [0.25, 0.3) is 0 Å². The summed E-state index contributed by atoms with van der Waals surface area (Å²) in [4.78, 5) is 0. The fourth-order valence-corrected chi connectivity index (χ4v) is 1.50.